The summed E-state index contributed by atoms with van der Waals surface area (Å²) in [7, 11) is 0. The van der Waals surface area contributed by atoms with Crippen molar-refractivity contribution in [2.24, 2.45) is 0 Å². The molecular formula is C19H25N3OS. The van der Waals surface area contributed by atoms with Crippen molar-refractivity contribution in [3.8, 4) is 0 Å². The standard InChI is InChI=1S/C19H25N3OS/c20-15-7-2-1-6-14(15)11-12-18(23)21-13-5-10-19-22-16-8-3-4-9-17(16)24-19/h1-2,6-7H,3-5,8-13,20H2,(H,21,23). The Labute approximate surface area is 147 Å². The van der Waals surface area contributed by atoms with E-state index < -0.39 is 0 Å². The van der Waals surface area contributed by atoms with Gasteiger partial charge < -0.3 is 11.1 Å². The van der Waals surface area contributed by atoms with E-state index in [0.29, 0.717) is 19.4 Å². The highest BCUT2D eigenvalue weighted by Gasteiger charge is 2.14. The summed E-state index contributed by atoms with van der Waals surface area (Å²) in [5, 5.41) is 4.23. The average Bonchev–Trinajstić information content (AvgIpc) is 3.01. The highest BCUT2D eigenvalue weighted by Crippen LogP contribution is 2.27. The Balaban J connectivity index is 1.35. The predicted molar refractivity (Wildman–Crippen MR) is 99.3 cm³/mol. The van der Waals surface area contributed by atoms with Crippen molar-refractivity contribution in [3.63, 3.8) is 0 Å². The van der Waals surface area contributed by atoms with Crippen LogP contribution in [-0.2, 0) is 30.5 Å². The second kappa shape index (κ2) is 8.29. The van der Waals surface area contributed by atoms with Crippen LogP contribution in [0.3, 0.4) is 0 Å². The first-order valence-electron chi connectivity index (χ1n) is 8.80. The van der Waals surface area contributed by atoms with Crippen molar-refractivity contribution in [1.82, 2.24) is 10.3 Å². The molecule has 128 valence electrons. The van der Waals surface area contributed by atoms with Gasteiger partial charge in [-0.25, -0.2) is 4.98 Å². The van der Waals surface area contributed by atoms with Crippen LogP contribution in [0.25, 0.3) is 0 Å². The van der Waals surface area contributed by atoms with Crippen LogP contribution in [0.1, 0.15) is 46.8 Å². The average molecular weight is 343 g/mol. The molecule has 0 aliphatic heterocycles. The normalized spacial score (nSPS) is 13.5. The Kier molecular flexibility index (Phi) is 5.86. The number of para-hydroxylation sites is 1. The summed E-state index contributed by atoms with van der Waals surface area (Å²) in [5.74, 6) is 0.0942. The summed E-state index contributed by atoms with van der Waals surface area (Å²) in [5.41, 5.74) is 9.03. The third-order valence-corrected chi connectivity index (χ3v) is 5.67. The van der Waals surface area contributed by atoms with Crippen LogP contribution in [-0.4, -0.2) is 17.4 Å². The van der Waals surface area contributed by atoms with E-state index in [0.717, 1.165) is 30.5 Å². The SMILES string of the molecule is Nc1ccccc1CCC(=O)NCCCc1nc2c(s1)CCCC2. The van der Waals surface area contributed by atoms with Gasteiger partial charge >= 0.3 is 0 Å². The first-order valence-corrected chi connectivity index (χ1v) is 9.61. The first-order chi connectivity index (χ1) is 11.7. The maximum absolute atomic E-state index is 11.9. The number of amides is 1. The number of nitrogens with zero attached hydrogens (tertiary/aromatic N) is 1. The van der Waals surface area contributed by atoms with Crippen molar-refractivity contribution in [1.29, 1.82) is 0 Å². The van der Waals surface area contributed by atoms with E-state index in [2.05, 4.69) is 5.32 Å². The lowest BCUT2D eigenvalue weighted by Crippen LogP contribution is -2.25. The summed E-state index contributed by atoms with van der Waals surface area (Å²) < 4.78 is 0. The molecule has 0 fully saturated rings. The quantitative estimate of drug-likeness (QED) is 0.599. The van der Waals surface area contributed by atoms with Crippen LogP contribution in [0.5, 0.6) is 0 Å². The van der Waals surface area contributed by atoms with Gasteiger partial charge in [0, 0.05) is 30.0 Å². The zero-order valence-electron chi connectivity index (χ0n) is 14.0. The van der Waals surface area contributed by atoms with Crippen LogP contribution in [0, 0.1) is 0 Å². The lowest BCUT2D eigenvalue weighted by Gasteiger charge is -2.06. The van der Waals surface area contributed by atoms with Crippen molar-refractivity contribution in [3.05, 3.63) is 45.4 Å². The minimum atomic E-state index is 0.0942. The number of thiazole rings is 1. The number of fused-ring (bicyclic) bond motifs is 1. The maximum atomic E-state index is 11.9. The number of rotatable bonds is 7. The number of aryl methyl sites for hydroxylation is 4. The molecule has 2 aromatic rings. The molecule has 3 N–H and O–H groups in total. The zero-order valence-corrected chi connectivity index (χ0v) is 14.8. The van der Waals surface area contributed by atoms with E-state index in [1.165, 1.54) is 34.8 Å². The van der Waals surface area contributed by atoms with E-state index in [4.69, 9.17) is 10.7 Å². The summed E-state index contributed by atoms with van der Waals surface area (Å²) in [6.45, 7) is 0.716. The largest absolute Gasteiger partial charge is 0.399 e. The maximum Gasteiger partial charge on any atom is 0.220 e. The topological polar surface area (TPSA) is 68.0 Å². The molecule has 4 nitrogen and oxygen atoms in total. The summed E-state index contributed by atoms with van der Waals surface area (Å²) in [6, 6.07) is 7.72. The van der Waals surface area contributed by atoms with E-state index in [1.807, 2.05) is 35.6 Å². The number of carbonyl (C=O) groups is 1. The van der Waals surface area contributed by atoms with Crippen molar-refractivity contribution in [2.45, 2.75) is 51.4 Å². The van der Waals surface area contributed by atoms with Gasteiger partial charge in [0.15, 0.2) is 0 Å². The van der Waals surface area contributed by atoms with E-state index in [9.17, 15) is 4.79 Å². The van der Waals surface area contributed by atoms with Crippen molar-refractivity contribution < 1.29 is 4.79 Å². The van der Waals surface area contributed by atoms with Gasteiger partial charge in [0.05, 0.1) is 10.7 Å². The molecule has 0 atom stereocenters. The van der Waals surface area contributed by atoms with Gasteiger partial charge in [0.25, 0.3) is 0 Å². The Morgan fingerprint density at radius 1 is 1.21 bits per heavy atom. The third-order valence-electron chi connectivity index (χ3n) is 4.46. The van der Waals surface area contributed by atoms with Gasteiger partial charge in [-0.1, -0.05) is 18.2 Å². The van der Waals surface area contributed by atoms with Gasteiger partial charge in [0.2, 0.25) is 5.91 Å². The molecule has 0 saturated carbocycles. The van der Waals surface area contributed by atoms with Crippen LogP contribution >= 0.6 is 11.3 Å². The Hall–Kier alpha value is -1.88. The first kappa shape index (κ1) is 17.0. The molecule has 0 unspecified atom stereocenters. The van der Waals surface area contributed by atoms with Crippen molar-refractivity contribution in [2.75, 3.05) is 12.3 Å². The minimum Gasteiger partial charge on any atom is -0.399 e. The number of carbonyl (C=O) groups excluding carboxylic acids is 1. The van der Waals surface area contributed by atoms with E-state index in [-0.39, 0.29) is 5.91 Å². The molecule has 1 aliphatic carbocycles. The molecule has 0 spiro atoms. The smallest absolute Gasteiger partial charge is 0.220 e. The van der Waals surface area contributed by atoms with E-state index in [1.54, 1.807) is 0 Å². The fourth-order valence-electron chi connectivity index (χ4n) is 3.08. The Morgan fingerprint density at radius 2 is 2.04 bits per heavy atom. The number of aromatic nitrogens is 1. The second-order valence-electron chi connectivity index (χ2n) is 6.34. The molecule has 1 aliphatic rings. The van der Waals surface area contributed by atoms with Crippen LogP contribution in [0.4, 0.5) is 5.69 Å². The number of anilines is 1. The number of nitrogens with one attached hydrogen (secondary N) is 1. The van der Waals surface area contributed by atoms with Gasteiger partial charge in [-0.05, 0) is 50.2 Å². The molecule has 0 bridgehead atoms. The Bertz CT molecular complexity index is 672. The van der Waals surface area contributed by atoms with Crippen LogP contribution in [0.2, 0.25) is 0 Å². The van der Waals surface area contributed by atoms with Crippen LogP contribution < -0.4 is 11.1 Å². The van der Waals surface area contributed by atoms with Gasteiger partial charge in [-0.2, -0.15) is 0 Å². The molecule has 0 saturated heterocycles. The number of hydrogen-bond donors (Lipinski definition) is 2. The zero-order chi connectivity index (χ0) is 16.8. The lowest BCUT2D eigenvalue weighted by molar-refractivity contribution is -0.121. The van der Waals surface area contributed by atoms with Gasteiger partial charge in [-0.15, -0.1) is 11.3 Å². The molecule has 1 heterocycles. The molecule has 1 aromatic heterocycles. The van der Waals surface area contributed by atoms with E-state index >= 15 is 0 Å². The molecule has 1 amide bonds. The highest BCUT2D eigenvalue weighted by atomic mass is 32.1. The van der Waals surface area contributed by atoms with Gasteiger partial charge in [-0.3, -0.25) is 4.79 Å². The monoisotopic (exact) mass is 343 g/mol. The predicted octanol–water partition coefficient (Wildman–Crippen LogP) is 3.29. The second-order valence-corrected chi connectivity index (χ2v) is 7.51. The molecule has 3 rings (SSSR count). The number of nitrogen functional groups attached to an aromatic ring is 1. The fraction of sp³-hybridized carbons (Fsp3) is 0.474. The highest BCUT2D eigenvalue weighted by molar-refractivity contribution is 7.11. The number of hydrogen-bond acceptors (Lipinski definition) is 4. The fourth-order valence-corrected chi connectivity index (χ4v) is 4.28. The summed E-state index contributed by atoms with van der Waals surface area (Å²) in [4.78, 5) is 18.2. The lowest BCUT2D eigenvalue weighted by atomic mass is 10.0. The summed E-state index contributed by atoms with van der Waals surface area (Å²) >= 11 is 1.87. The molecule has 0 radical (unpaired) electrons. The van der Waals surface area contributed by atoms with Gasteiger partial charge in [0.1, 0.15) is 0 Å². The molecule has 1 aromatic carbocycles. The molecule has 5 heteroatoms. The minimum absolute atomic E-state index is 0.0942. The third kappa shape index (κ3) is 4.57. The molecule has 24 heavy (non-hydrogen) atoms. The number of nitrogens with two attached hydrogens (primary N) is 1. The van der Waals surface area contributed by atoms with Crippen LogP contribution in [0.15, 0.2) is 24.3 Å². The van der Waals surface area contributed by atoms with Crippen molar-refractivity contribution >= 4 is 22.9 Å². The number of benzene rings is 1. The Morgan fingerprint density at radius 3 is 2.88 bits per heavy atom. The molecular weight excluding hydrogens is 318 g/mol. The summed E-state index contributed by atoms with van der Waals surface area (Å²) in [6.07, 6.45) is 8.01.